The van der Waals surface area contributed by atoms with Crippen molar-refractivity contribution in [2.45, 2.75) is 19.4 Å². The first-order chi connectivity index (χ1) is 6.99. The van der Waals surface area contributed by atoms with Crippen molar-refractivity contribution in [3.8, 4) is 0 Å². The van der Waals surface area contributed by atoms with Gasteiger partial charge in [-0.2, -0.15) is 0 Å². The highest BCUT2D eigenvalue weighted by atomic mass is 16.5. The Morgan fingerprint density at radius 3 is 2.80 bits per heavy atom. The van der Waals surface area contributed by atoms with Crippen LogP contribution in [-0.2, 0) is 14.3 Å². The Morgan fingerprint density at radius 1 is 1.60 bits per heavy atom. The molecule has 0 aliphatic carbocycles. The smallest absolute Gasteiger partial charge is 0.354 e. The number of carbonyl (C=O) groups excluding carboxylic acids is 1. The Bertz CT molecular complexity index is 345. The lowest BCUT2D eigenvalue weighted by atomic mass is 9.98. The molecule has 0 saturated carbocycles. The molecule has 1 unspecified atom stereocenters. The number of hydrogen-bond acceptors (Lipinski definition) is 4. The van der Waals surface area contributed by atoms with Gasteiger partial charge in [0.05, 0.1) is 6.61 Å². The number of hydrogen-bond donors (Lipinski definition) is 2. The molecule has 15 heavy (non-hydrogen) atoms. The lowest BCUT2D eigenvalue weighted by molar-refractivity contribution is -0.142. The molecule has 0 amide bonds. The summed E-state index contributed by atoms with van der Waals surface area (Å²) in [6.45, 7) is 3.41. The number of esters is 1. The minimum absolute atomic E-state index is 0.157. The van der Waals surface area contributed by atoms with Gasteiger partial charge in [0.2, 0.25) is 0 Å². The largest absolute Gasteiger partial charge is 0.479 e. The standard InChI is InChI=1S/C10H13NO4/c1-3-15-8(12)7-5-4-6-10(2,11-7)9(13)14/h4-6,11H,3H2,1-2H3,(H,13,14). The number of carboxylic acids is 1. The first-order valence-electron chi connectivity index (χ1n) is 4.58. The fourth-order valence-corrected chi connectivity index (χ4v) is 1.15. The van der Waals surface area contributed by atoms with Crippen LogP contribution in [0.1, 0.15) is 13.8 Å². The number of carbonyl (C=O) groups is 2. The van der Waals surface area contributed by atoms with E-state index in [1.807, 2.05) is 0 Å². The highest BCUT2D eigenvalue weighted by molar-refractivity contribution is 5.91. The van der Waals surface area contributed by atoms with E-state index in [4.69, 9.17) is 9.84 Å². The molecule has 1 rings (SSSR count). The number of aliphatic carboxylic acids is 1. The topological polar surface area (TPSA) is 75.6 Å². The van der Waals surface area contributed by atoms with Crippen LogP contribution >= 0.6 is 0 Å². The van der Waals surface area contributed by atoms with Crippen LogP contribution in [0, 0.1) is 0 Å². The minimum atomic E-state index is -1.25. The van der Waals surface area contributed by atoms with E-state index in [9.17, 15) is 9.59 Å². The van der Waals surface area contributed by atoms with Gasteiger partial charge in [0.15, 0.2) is 5.54 Å². The molecule has 2 N–H and O–H groups in total. The van der Waals surface area contributed by atoms with Crippen LogP contribution < -0.4 is 5.32 Å². The molecule has 5 nitrogen and oxygen atoms in total. The predicted octanol–water partition coefficient (Wildman–Crippen LogP) is 0.436. The maximum absolute atomic E-state index is 11.3. The van der Waals surface area contributed by atoms with Gasteiger partial charge in [-0.3, -0.25) is 0 Å². The maximum Gasteiger partial charge on any atom is 0.354 e. The molecule has 0 spiro atoms. The molecule has 5 heteroatoms. The van der Waals surface area contributed by atoms with Crippen LogP contribution in [0.3, 0.4) is 0 Å². The Balaban J connectivity index is 2.81. The summed E-state index contributed by atoms with van der Waals surface area (Å²) in [6, 6.07) is 0. The van der Waals surface area contributed by atoms with E-state index < -0.39 is 17.5 Å². The second-order valence-corrected chi connectivity index (χ2v) is 3.29. The van der Waals surface area contributed by atoms with E-state index in [0.29, 0.717) is 0 Å². The molecule has 0 fully saturated rings. The number of rotatable bonds is 3. The summed E-state index contributed by atoms with van der Waals surface area (Å²) in [5.41, 5.74) is -1.10. The summed E-state index contributed by atoms with van der Waals surface area (Å²) in [4.78, 5) is 22.2. The molecule has 82 valence electrons. The van der Waals surface area contributed by atoms with Gasteiger partial charge in [0, 0.05) is 0 Å². The van der Waals surface area contributed by atoms with Crippen LogP contribution in [0.15, 0.2) is 23.9 Å². The van der Waals surface area contributed by atoms with Gasteiger partial charge in [0.1, 0.15) is 5.70 Å². The molecule has 0 aromatic rings. The normalized spacial score (nSPS) is 24.0. The van der Waals surface area contributed by atoms with Gasteiger partial charge in [-0.15, -0.1) is 0 Å². The molecular weight excluding hydrogens is 198 g/mol. The third kappa shape index (κ3) is 2.37. The maximum atomic E-state index is 11.3. The van der Waals surface area contributed by atoms with Gasteiger partial charge < -0.3 is 15.2 Å². The molecule has 0 aromatic heterocycles. The lowest BCUT2D eigenvalue weighted by Crippen LogP contribution is -2.49. The van der Waals surface area contributed by atoms with E-state index in [1.54, 1.807) is 6.92 Å². The van der Waals surface area contributed by atoms with Gasteiger partial charge in [-0.25, -0.2) is 9.59 Å². The van der Waals surface area contributed by atoms with Gasteiger partial charge in [-0.1, -0.05) is 6.08 Å². The van der Waals surface area contributed by atoms with Crippen molar-refractivity contribution in [1.82, 2.24) is 5.32 Å². The molecule has 1 aliphatic heterocycles. The summed E-state index contributed by atoms with van der Waals surface area (Å²) >= 11 is 0. The molecule has 0 bridgehead atoms. The first-order valence-corrected chi connectivity index (χ1v) is 4.58. The fraction of sp³-hybridized carbons (Fsp3) is 0.400. The Hall–Kier alpha value is -1.78. The number of allylic oxidation sites excluding steroid dienone is 2. The molecule has 1 atom stereocenters. The van der Waals surface area contributed by atoms with Crippen molar-refractivity contribution in [3.05, 3.63) is 23.9 Å². The Morgan fingerprint density at radius 2 is 2.27 bits per heavy atom. The zero-order valence-electron chi connectivity index (χ0n) is 8.61. The molecule has 1 heterocycles. The summed E-state index contributed by atoms with van der Waals surface area (Å²) in [5.74, 6) is -1.59. The van der Waals surface area contributed by atoms with Crippen molar-refractivity contribution in [2.24, 2.45) is 0 Å². The number of nitrogens with one attached hydrogen (secondary N) is 1. The fourth-order valence-electron chi connectivity index (χ4n) is 1.15. The van der Waals surface area contributed by atoms with E-state index in [-0.39, 0.29) is 12.3 Å². The van der Waals surface area contributed by atoms with Crippen molar-refractivity contribution in [2.75, 3.05) is 6.61 Å². The average molecular weight is 211 g/mol. The van der Waals surface area contributed by atoms with Gasteiger partial charge >= 0.3 is 11.9 Å². The zero-order chi connectivity index (χ0) is 11.5. The van der Waals surface area contributed by atoms with Crippen LogP contribution in [0.25, 0.3) is 0 Å². The van der Waals surface area contributed by atoms with E-state index in [2.05, 4.69) is 5.32 Å². The zero-order valence-corrected chi connectivity index (χ0v) is 8.61. The molecule has 0 aromatic carbocycles. The van der Waals surface area contributed by atoms with Crippen LogP contribution in [0.2, 0.25) is 0 Å². The monoisotopic (exact) mass is 211 g/mol. The minimum Gasteiger partial charge on any atom is -0.479 e. The molecule has 0 saturated heterocycles. The third-order valence-corrected chi connectivity index (χ3v) is 2.03. The van der Waals surface area contributed by atoms with E-state index >= 15 is 0 Å². The molecule has 0 radical (unpaired) electrons. The Kier molecular flexibility index (Phi) is 3.14. The lowest BCUT2D eigenvalue weighted by Gasteiger charge is -2.26. The van der Waals surface area contributed by atoms with Gasteiger partial charge in [0.25, 0.3) is 0 Å². The highest BCUT2D eigenvalue weighted by Crippen LogP contribution is 2.14. The Labute approximate surface area is 87.4 Å². The quantitative estimate of drug-likeness (QED) is 0.662. The number of carboxylic acid groups (broad SMARTS) is 1. The summed E-state index contributed by atoms with van der Waals surface area (Å²) in [6.07, 6.45) is 4.48. The average Bonchev–Trinajstić information content (AvgIpc) is 2.18. The highest BCUT2D eigenvalue weighted by Gasteiger charge is 2.34. The van der Waals surface area contributed by atoms with Crippen LogP contribution in [0.5, 0.6) is 0 Å². The van der Waals surface area contributed by atoms with Crippen molar-refractivity contribution in [1.29, 1.82) is 0 Å². The second-order valence-electron chi connectivity index (χ2n) is 3.29. The second kappa shape index (κ2) is 4.16. The van der Waals surface area contributed by atoms with E-state index in [1.165, 1.54) is 25.2 Å². The summed E-state index contributed by atoms with van der Waals surface area (Å²) in [7, 11) is 0. The SMILES string of the molecule is CCOC(=O)C1=CC=CC(C)(C(=O)O)N1. The van der Waals surface area contributed by atoms with E-state index in [0.717, 1.165) is 0 Å². The molecular formula is C10H13NO4. The molecule has 1 aliphatic rings. The number of ether oxygens (including phenoxy) is 1. The number of dihydropyridines is 1. The van der Waals surface area contributed by atoms with Gasteiger partial charge in [-0.05, 0) is 26.0 Å². The predicted molar refractivity (Wildman–Crippen MR) is 53.0 cm³/mol. The summed E-state index contributed by atoms with van der Waals surface area (Å²) < 4.78 is 4.76. The third-order valence-electron chi connectivity index (χ3n) is 2.03. The van der Waals surface area contributed by atoms with Crippen molar-refractivity contribution >= 4 is 11.9 Å². The first kappa shape index (κ1) is 11.3. The van der Waals surface area contributed by atoms with Crippen molar-refractivity contribution < 1.29 is 19.4 Å². The summed E-state index contributed by atoms with van der Waals surface area (Å²) in [5, 5.41) is 11.5. The van der Waals surface area contributed by atoms with Crippen LogP contribution in [0.4, 0.5) is 0 Å². The van der Waals surface area contributed by atoms with Crippen LogP contribution in [-0.4, -0.2) is 29.2 Å². The van der Waals surface area contributed by atoms with Crippen molar-refractivity contribution in [3.63, 3.8) is 0 Å².